The van der Waals surface area contributed by atoms with Crippen molar-refractivity contribution in [2.24, 2.45) is 0 Å². The maximum Gasteiger partial charge on any atom is 0.133 e. The third-order valence-electron chi connectivity index (χ3n) is 2.23. The summed E-state index contributed by atoms with van der Waals surface area (Å²) in [6.07, 6.45) is 3.61. The lowest BCUT2D eigenvalue weighted by atomic mass is 10.2. The molecule has 1 aromatic heterocycles. The normalized spacial score (nSPS) is 10.4. The van der Waals surface area contributed by atoms with E-state index in [-0.39, 0.29) is 0 Å². The van der Waals surface area contributed by atoms with Gasteiger partial charge in [-0.05, 0) is 12.8 Å². The van der Waals surface area contributed by atoms with Crippen LogP contribution in [0.2, 0.25) is 0 Å². The zero-order valence-electron chi connectivity index (χ0n) is 10.1. The Kier molecular flexibility index (Phi) is 6.18. The summed E-state index contributed by atoms with van der Waals surface area (Å²) in [7, 11) is 3.62. The van der Waals surface area contributed by atoms with Crippen LogP contribution in [0.4, 0.5) is 5.82 Å². The SMILES string of the molecule is CCc1c(NC)ncnc1SCCCOC. The van der Waals surface area contributed by atoms with E-state index in [1.807, 2.05) is 7.05 Å². The fourth-order valence-corrected chi connectivity index (χ4v) is 2.42. The highest BCUT2D eigenvalue weighted by molar-refractivity contribution is 7.99. The summed E-state index contributed by atoms with van der Waals surface area (Å²) in [6, 6.07) is 0. The lowest BCUT2D eigenvalue weighted by molar-refractivity contribution is 0.200. The average Bonchev–Trinajstić information content (AvgIpc) is 2.34. The molecule has 16 heavy (non-hydrogen) atoms. The van der Waals surface area contributed by atoms with Crippen molar-refractivity contribution in [2.75, 3.05) is 31.8 Å². The molecule has 5 heteroatoms. The lowest BCUT2D eigenvalue weighted by Crippen LogP contribution is -2.02. The molecular weight excluding hydrogens is 222 g/mol. The largest absolute Gasteiger partial charge is 0.385 e. The van der Waals surface area contributed by atoms with E-state index in [1.54, 1.807) is 25.2 Å². The van der Waals surface area contributed by atoms with Crippen LogP contribution in [-0.4, -0.2) is 36.5 Å². The van der Waals surface area contributed by atoms with Gasteiger partial charge in [0.15, 0.2) is 0 Å². The summed E-state index contributed by atoms with van der Waals surface area (Å²) in [5.74, 6) is 1.97. The molecule has 90 valence electrons. The third-order valence-corrected chi connectivity index (χ3v) is 3.35. The molecule has 0 radical (unpaired) electrons. The summed E-state index contributed by atoms with van der Waals surface area (Å²) < 4.78 is 5.02. The van der Waals surface area contributed by atoms with E-state index < -0.39 is 0 Å². The van der Waals surface area contributed by atoms with E-state index in [1.165, 1.54) is 5.56 Å². The van der Waals surface area contributed by atoms with Crippen LogP contribution in [0.3, 0.4) is 0 Å². The number of thioether (sulfide) groups is 1. The van der Waals surface area contributed by atoms with Gasteiger partial charge in [0.2, 0.25) is 0 Å². The number of ether oxygens (including phenoxy) is 1. The minimum Gasteiger partial charge on any atom is -0.385 e. The van der Waals surface area contributed by atoms with Crippen molar-refractivity contribution < 1.29 is 4.74 Å². The van der Waals surface area contributed by atoms with Crippen LogP contribution in [0.15, 0.2) is 11.4 Å². The molecule has 0 aliphatic heterocycles. The summed E-state index contributed by atoms with van der Waals surface area (Å²) in [6.45, 7) is 2.93. The Morgan fingerprint density at radius 2 is 2.25 bits per heavy atom. The predicted molar refractivity (Wildman–Crippen MR) is 68.2 cm³/mol. The first kappa shape index (κ1) is 13.3. The molecule has 1 heterocycles. The van der Waals surface area contributed by atoms with Gasteiger partial charge in [-0.1, -0.05) is 6.92 Å². The average molecular weight is 241 g/mol. The van der Waals surface area contributed by atoms with Gasteiger partial charge in [-0.25, -0.2) is 9.97 Å². The van der Waals surface area contributed by atoms with E-state index in [4.69, 9.17) is 4.74 Å². The van der Waals surface area contributed by atoms with Crippen LogP contribution in [0, 0.1) is 0 Å². The molecule has 0 unspecified atom stereocenters. The maximum absolute atomic E-state index is 5.02. The van der Waals surface area contributed by atoms with Crippen molar-refractivity contribution in [3.63, 3.8) is 0 Å². The molecule has 0 aromatic carbocycles. The number of anilines is 1. The Bertz CT molecular complexity index is 320. The maximum atomic E-state index is 5.02. The van der Waals surface area contributed by atoms with E-state index >= 15 is 0 Å². The molecule has 1 N–H and O–H groups in total. The van der Waals surface area contributed by atoms with Gasteiger partial charge in [-0.3, -0.25) is 0 Å². The molecule has 0 amide bonds. The number of rotatable bonds is 7. The minimum absolute atomic E-state index is 0.804. The van der Waals surface area contributed by atoms with E-state index in [2.05, 4.69) is 22.2 Å². The van der Waals surface area contributed by atoms with Crippen LogP contribution in [-0.2, 0) is 11.2 Å². The van der Waals surface area contributed by atoms with Crippen LogP contribution >= 0.6 is 11.8 Å². The smallest absolute Gasteiger partial charge is 0.133 e. The molecule has 0 bridgehead atoms. The second-order valence-electron chi connectivity index (χ2n) is 3.30. The van der Waals surface area contributed by atoms with Crippen LogP contribution in [0.1, 0.15) is 18.9 Å². The number of methoxy groups -OCH3 is 1. The molecule has 0 saturated carbocycles. The van der Waals surface area contributed by atoms with Crippen LogP contribution in [0.25, 0.3) is 0 Å². The molecule has 1 rings (SSSR count). The summed E-state index contributed by atoms with van der Waals surface area (Å²) in [4.78, 5) is 8.54. The monoisotopic (exact) mass is 241 g/mol. The number of aromatic nitrogens is 2. The third kappa shape index (κ3) is 3.64. The van der Waals surface area contributed by atoms with E-state index in [0.29, 0.717) is 0 Å². The lowest BCUT2D eigenvalue weighted by Gasteiger charge is -2.10. The van der Waals surface area contributed by atoms with Gasteiger partial charge in [-0.15, -0.1) is 11.8 Å². The predicted octanol–water partition coefficient (Wildman–Crippen LogP) is 2.21. The molecule has 0 fully saturated rings. The summed E-state index contributed by atoms with van der Waals surface area (Å²) in [5.41, 5.74) is 1.20. The molecule has 0 spiro atoms. The van der Waals surface area contributed by atoms with Gasteiger partial charge >= 0.3 is 0 Å². The first-order valence-corrected chi connectivity index (χ1v) is 6.45. The summed E-state index contributed by atoms with van der Waals surface area (Å²) >= 11 is 1.77. The Hall–Kier alpha value is -0.810. The Labute approximate surface area is 101 Å². The Morgan fingerprint density at radius 1 is 1.44 bits per heavy atom. The molecule has 0 aliphatic carbocycles. The molecule has 0 atom stereocenters. The highest BCUT2D eigenvalue weighted by Crippen LogP contribution is 2.25. The quantitative estimate of drug-likeness (QED) is 0.450. The molecular formula is C11H19N3OS. The molecule has 1 aromatic rings. The minimum atomic E-state index is 0.804. The fraction of sp³-hybridized carbons (Fsp3) is 0.636. The Balaban J connectivity index is 2.63. The number of nitrogens with zero attached hydrogens (tertiary/aromatic N) is 2. The fourth-order valence-electron chi connectivity index (χ4n) is 1.43. The van der Waals surface area contributed by atoms with Gasteiger partial charge in [0.05, 0.1) is 0 Å². The van der Waals surface area contributed by atoms with Crippen molar-refractivity contribution in [3.8, 4) is 0 Å². The standard InChI is InChI=1S/C11H19N3OS/c1-4-9-10(12-2)13-8-14-11(9)16-7-5-6-15-3/h8H,4-7H2,1-3H3,(H,12,13,14). The number of hydrogen-bond donors (Lipinski definition) is 1. The second-order valence-corrected chi connectivity index (χ2v) is 4.39. The zero-order chi connectivity index (χ0) is 11.8. The van der Waals surface area contributed by atoms with Gasteiger partial charge < -0.3 is 10.1 Å². The highest BCUT2D eigenvalue weighted by Gasteiger charge is 2.08. The number of hydrogen-bond acceptors (Lipinski definition) is 5. The van der Waals surface area contributed by atoms with E-state index in [9.17, 15) is 0 Å². The van der Waals surface area contributed by atoms with Gasteiger partial charge in [0, 0.05) is 32.1 Å². The zero-order valence-corrected chi connectivity index (χ0v) is 10.9. The second kappa shape index (κ2) is 7.46. The first-order chi connectivity index (χ1) is 7.83. The Morgan fingerprint density at radius 3 is 2.88 bits per heavy atom. The van der Waals surface area contributed by atoms with Crippen LogP contribution in [0.5, 0.6) is 0 Å². The van der Waals surface area contributed by atoms with Gasteiger partial charge in [0.1, 0.15) is 17.2 Å². The van der Waals surface area contributed by atoms with Crippen molar-refractivity contribution in [3.05, 3.63) is 11.9 Å². The van der Waals surface area contributed by atoms with Crippen molar-refractivity contribution >= 4 is 17.6 Å². The highest BCUT2D eigenvalue weighted by atomic mass is 32.2. The van der Waals surface area contributed by atoms with Crippen molar-refractivity contribution in [1.82, 2.24) is 9.97 Å². The number of nitrogens with one attached hydrogen (secondary N) is 1. The molecule has 4 nitrogen and oxygen atoms in total. The van der Waals surface area contributed by atoms with Crippen molar-refractivity contribution in [1.29, 1.82) is 0 Å². The van der Waals surface area contributed by atoms with E-state index in [0.717, 1.165) is 36.0 Å². The topological polar surface area (TPSA) is 47.0 Å². The van der Waals surface area contributed by atoms with Crippen LogP contribution < -0.4 is 5.32 Å². The molecule has 0 aliphatic rings. The van der Waals surface area contributed by atoms with Crippen molar-refractivity contribution in [2.45, 2.75) is 24.8 Å². The van der Waals surface area contributed by atoms with Gasteiger partial charge in [0.25, 0.3) is 0 Å². The van der Waals surface area contributed by atoms with Gasteiger partial charge in [-0.2, -0.15) is 0 Å². The first-order valence-electron chi connectivity index (χ1n) is 5.46. The summed E-state index contributed by atoms with van der Waals surface area (Å²) in [5, 5.41) is 4.18. The molecule has 0 saturated heterocycles.